The second kappa shape index (κ2) is 6.16. The van der Waals surface area contributed by atoms with Crippen molar-refractivity contribution in [3.8, 4) is 0 Å². The van der Waals surface area contributed by atoms with Crippen molar-refractivity contribution in [2.45, 2.75) is 13.0 Å². The van der Waals surface area contributed by atoms with E-state index in [4.69, 9.17) is 5.84 Å². The van der Waals surface area contributed by atoms with Crippen LogP contribution in [0.15, 0.2) is 60.7 Å². The zero-order valence-corrected chi connectivity index (χ0v) is 11.9. The highest BCUT2D eigenvalue weighted by Crippen LogP contribution is 2.43. The van der Waals surface area contributed by atoms with Crippen LogP contribution in [0.3, 0.4) is 0 Å². The Morgan fingerprint density at radius 3 is 1.79 bits per heavy atom. The molecule has 0 fully saturated rings. The van der Waals surface area contributed by atoms with E-state index in [2.05, 4.69) is 5.43 Å². The Hall–Kier alpha value is -1.41. The molecule has 0 heterocycles. The molecular weight excluding hydrogens is 255 g/mol. The van der Waals surface area contributed by atoms with Crippen LogP contribution in [-0.4, -0.2) is 12.2 Å². The molecule has 3 N–H and O–H groups in total. The fraction of sp³-hybridized carbons (Fsp3) is 0.200. The predicted molar refractivity (Wildman–Crippen MR) is 81.4 cm³/mol. The van der Waals surface area contributed by atoms with Gasteiger partial charge in [0.1, 0.15) is 7.14 Å². The van der Waals surface area contributed by atoms with Crippen LogP contribution >= 0.6 is 7.14 Å². The van der Waals surface area contributed by atoms with Gasteiger partial charge in [-0.1, -0.05) is 60.7 Å². The Labute approximate surface area is 114 Å². The van der Waals surface area contributed by atoms with Crippen LogP contribution in [0.4, 0.5) is 0 Å². The van der Waals surface area contributed by atoms with Crippen molar-refractivity contribution < 1.29 is 4.57 Å². The topological polar surface area (TPSA) is 55.1 Å². The Bertz CT molecular complexity index is 513. The first-order chi connectivity index (χ1) is 9.16. The number of benzene rings is 2. The molecule has 1 atom stereocenters. The summed E-state index contributed by atoms with van der Waals surface area (Å²) in [5, 5.41) is 1.76. The fourth-order valence-corrected chi connectivity index (χ4v) is 5.04. The van der Waals surface area contributed by atoms with Crippen LogP contribution in [0.1, 0.15) is 6.92 Å². The highest BCUT2D eigenvalue weighted by atomic mass is 31.2. The molecule has 0 amide bonds. The maximum atomic E-state index is 13.5. The van der Waals surface area contributed by atoms with E-state index in [0.717, 1.165) is 10.6 Å². The van der Waals surface area contributed by atoms with E-state index in [1.807, 2.05) is 67.6 Å². The highest BCUT2D eigenvalue weighted by molar-refractivity contribution is 7.78. The van der Waals surface area contributed by atoms with Crippen LogP contribution < -0.4 is 21.9 Å². The van der Waals surface area contributed by atoms with Crippen molar-refractivity contribution in [2.24, 2.45) is 5.84 Å². The Kier molecular flexibility index (Phi) is 4.54. The molecule has 0 saturated carbocycles. The summed E-state index contributed by atoms with van der Waals surface area (Å²) in [5.74, 6) is 5.46. The quantitative estimate of drug-likeness (QED) is 0.497. The maximum absolute atomic E-state index is 13.5. The number of nitrogens with one attached hydrogen (secondary N) is 1. The molecule has 0 spiro atoms. The summed E-state index contributed by atoms with van der Waals surface area (Å²) in [6, 6.07) is 19.3. The van der Waals surface area contributed by atoms with Gasteiger partial charge in [0, 0.05) is 22.8 Å². The Balaban J connectivity index is 2.48. The van der Waals surface area contributed by atoms with Crippen LogP contribution in [0.2, 0.25) is 0 Å². The van der Waals surface area contributed by atoms with E-state index < -0.39 is 7.14 Å². The van der Waals surface area contributed by atoms with Gasteiger partial charge in [-0.25, -0.2) is 0 Å². The normalized spacial score (nSPS) is 13.2. The maximum Gasteiger partial charge on any atom is 0.144 e. The lowest BCUT2D eigenvalue weighted by Gasteiger charge is -2.22. The average Bonchev–Trinajstić information content (AvgIpc) is 2.48. The van der Waals surface area contributed by atoms with E-state index in [9.17, 15) is 4.57 Å². The number of hydrogen-bond acceptors (Lipinski definition) is 3. The minimum absolute atomic E-state index is 0.00811. The average molecular weight is 274 g/mol. The van der Waals surface area contributed by atoms with Gasteiger partial charge in [0.15, 0.2) is 0 Å². The summed E-state index contributed by atoms with van der Waals surface area (Å²) in [6.45, 7) is 1.94. The van der Waals surface area contributed by atoms with Crippen molar-refractivity contribution in [3.05, 3.63) is 60.7 Å². The van der Waals surface area contributed by atoms with E-state index in [1.54, 1.807) is 0 Å². The minimum Gasteiger partial charge on any atom is -0.314 e. The summed E-state index contributed by atoms with van der Waals surface area (Å²) in [4.78, 5) is 0. The van der Waals surface area contributed by atoms with E-state index >= 15 is 0 Å². The third kappa shape index (κ3) is 3.13. The summed E-state index contributed by atoms with van der Waals surface area (Å²) in [7, 11) is -2.64. The van der Waals surface area contributed by atoms with Crippen molar-refractivity contribution >= 4 is 17.8 Å². The molecule has 2 aromatic carbocycles. The second-order valence-corrected chi connectivity index (χ2v) is 7.54. The summed E-state index contributed by atoms with van der Waals surface area (Å²) in [5.41, 5.74) is 2.69. The SMILES string of the molecule is CC(CP(=O)(c1ccccc1)c1ccccc1)NN. The smallest absolute Gasteiger partial charge is 0.144 e. The number of nitrogens with two attached hydrogens (primary N) is 1. The third-order valence-corrected chi connectivity index (χ3v) is 6.49. The molecule has 2 rings (SSSR count). The molecule has 0 aliphatic heterocycles. The van der Waals surface area contributed by atoms with Crippen LogP contribution in [0.25, 0.3) is 0 Å². The molecule has 0 aliphatic carbocycles. The van der Waals surface area contributed by atoms with Crippen LogP contribution in [0.5, 0.6) is 0 Å². The molecule has 0 aliphatic rings. The zero-order chi connectivity index (χ0) is 13.7. The lowest BCUT2D eigenvalue weighted by atomic mass is 10.4. The molecular formula is C15H19N2OP. The van der Waals surface area contributed by atoms with Gasteiger partial charge in [-0.2, -0.15) is 0 Å². The Morgan fingerprint density at radius 1 is 1.00 bits per heavy atom. The van der Waals surface area contributed by atoms with Gasteiger partial charge in [0.05, 0.1) is 0 Å². The summed E-state index contributed by atoms with van der Waals surface area (Å²) >= 11 is 0. The predicted octanol–water partition coefficient (Wildman–Crippen LogP) is 1.85. The summed E-state index contributed by atoms with van der Waals surface area (Å²) < 4.78 is 13.5. The highest BCUT2D eigenvalue weighted by Gasteiger charge is 2.28. The van der Waals surface area contributed by atoms with Gasteiger partial charge >= 0.3 is 0 Å². The van der Waals surface area contributed by atoms with Crippen molar-refractivity contribution in [1.29, 1.82) is 0 Å². The van der Waals surface area contributed by atoms with E-state index in [0.29, 0.717) is 6.16 Å². The number of rotatable bonds is 5. The second-order valence-electron chi connectivity index (χ2n) is 4.66. The van der Waals surface area contributed by atoms with Crippen LogP contribution in [0, 0.1) is 0 Å². The molecule has 0 bridgehead atoms. The third-order valence-electron chi connectivity index (χ3n) is 3.16. The number of hydrogen-bond donors (Lipinski definition) is 2. The van der Waals surface area contributed by atoms with Gasteiger partial charge in [0.25, 0.3) is 0 Å². The van der Waals surface area contributed by atoms with Gasteiger partial charge in [-0.05, 0) is 6.92 Å². The van der Waals surface area contributed by atoms with E-state index in [1.165, 1.54) is 0 Å². The van der Waals surface area contributed by atoms with Gasteiger partial charge in [-0.15, -0.1) is 0 Å². The molecule has 0 saturated heterocycles. The minimum atomic E-state index is -2.64. The van der Waals surface area contributed by atoms with Crippen molar-refractivity contribution in [3.63, 3.8) is 0 Å². The lowest BCUT2D eigenvalue weighted by molar-refractivity contribution is 0.568. The standard InChI is InChI=1S/C15H19N2OP/c1-13(17-16)12-19(18,14-8-4-2-5-9-14)15-10-6-3-7-11-15/h2-11,13,17H,12,16H2,1H3. The number of hydrazine groups is 1. The molecule has 4 heteroatoms. The molecule has 1 unspecified atom stereocenters. The molecule has 2 aromatic rings. The first-order valence-corrected chi connectivity index (χ1v) is 8.22. The van der Waals surface area contributed by atoms with Gasteiger partial charge in [-0.3, -0.25) is 11.3 Å². The van der Waals surface area contributed by atoms with Gasteiger partial charge in [0.2, 0.25) is 0 Å². The van der Waals surface area contributed by atoms with Crippen molar-refractivity contribution in [1.82, 2.24) is 5.43 Å². The Morgan fingerprint density at radius 2 is 1.42 bits per heavy atom. The largest absolute Gasteiger partial charge is 0.314 e. The molecule has 3 nitrogen and oxygen atoms in total. The molecule has 0 radical (unpaired) electrons. The fourth-order valence-electron chi connectivity index (χ4n) is 2.14. The summed E-state index contributed by atoms with van der Waals surface area (Å²) in [6.07, 6.45) is 0.511. The van der Waals surface area contributed by atoms with Crippen molar-refractivity contribution in [2.75, 3.05) is 6.16 Å². The van der Waals surface area contributed by atoms with Crippen LogP contribution in [-0.2, 0) is 4.57 Å². The lowest BCUT2D eigenvalue weighted by Crippen LogP contribution is -2.37. The molecule has 19 heavy (non-hydrogen) atoms. The van der Waals surface area contributed by atoms with E-state index in [-0.39, 0.29) is 6.04 Å². The van der Waals surface area contributed by atoms with Gasteiger partial charge < -0.3 is 4.57 Å². The monoisotopic (exact) mass is 274 g/mol. The first kappa shape index (κ1) is 14.0. The first-order valence-electron chi connectivity index (χ1n) is 6.33. The zero-order valence-electron chi connectivity index (χ0n) is 11.0. The molecule has 100 valence electrons. The molecule has 0 aromatic heterocycles.